The molecule has 218 valence electrons. The molecule has 42 heavy (non-hydrogen) atoms. The molecule has 1 aromatic heterocycles. The Hall–Kier alpha value is -3.93. The van der Waals surface area contributed by atoms with E-state index in [2.05, 4.69) is 52.8 Å². The summed E-state index contributed by atoms with van der Waals surface area (Å²) in [6.45, 7) is 3.63. The number of rotatable bonds is 10. The van der Waals surface area contributed by atoms with Gasteiger partial charge < -0.3 is 14.4 Å². The molecule has 2 heterocycles. The number of anilines is 1. The summed E-state index contributed by atoms with van der Waals surface area (Å²) in [4.78, 5) is 36.5. The number of carbonyl (C=O) groups is 2. The largest absolute Gasteiger partial charge is 0.334 e. The highest BCUT2D eigenvalue weighted by Gasteiger charge is 2.36. The van der Waals surface area contributed by atoms with Crippen LogP contribution >= 0.6 is 0 Å². The van der Waals surface area contributed by atoms with Gasteiger partial charge in [-0.3, -0.25) is 9.59 Å². The van der Waals surface area contributed by atoms with Crippen LogP contribution in [0.3, 0.4) is 0 Å². The Morgan fingerprint density at radius 2 is 1.64 bits per heavy atom. The Labute approximate surface area is 249 Å². The molecule has 0 bridgehead atoms. The van der Waals surface area contributed by atoms with E-state index in [4.69, 9.17) is 4.98 Å². The third kappa shape index (κ3) is 6.13. The van der Waals surface area contributed by atoms with Crippen LogP contribution in [-0.4, -0.2) is 38.9 Å². The molecule has 4 aromatic rings. The number of benzene rings is 3. The summed E-state index contributed by atoms with van der Waals surface area (Å²) in [5.74, 6) is 0.996. The normalized spacial score (nSPS) is 17.7. The van der Waals surface area contributed by atoms with E-state index in [0.717, 1.165) is 47.4 Å². The quantitative estimate of drug-likeness (QED) is 0.204. The first-order chi connectivity index (χ1) is 20.6. The number of hydrogen-bond donors (Lipinski definition) is 0. The lowest BCUT2D eigenvalue weighted by Crippen LogP contribution is -2.42. The van der Waals surface area contributed by atoms with Crippen molar-refractivity contribution in [1.82, 2.24) is 14.5 Å². The van der Waals surface area contributed by atoms with Gasteiger partial charge in [-0.2, -0.15) is 0 Å². The molecule has 1 unspecified atom stereocenters. The summed E-state index contributed by atoms with van der Waals surface area (Å²) in [5.41, 5.74) is 5.23. The number of hydrogen-bond acceptors (Lipinski definition) is 3. The lowest BCUT2D eigenvalue weighted by molar-refractivity contribution is -0.135. The van der Waals surface area contributed by atoms with Gasteiger partial charge in [0.2, 0.25) is 11.8 Å². The Bertz CT molecular complexity index is 1500. The lowest BCUT2D eigenvalue weighted by Gasteiger charge is -2.35. The van der Waals surface area contributed by atoms with Crippen molar-refractivity contribution >= 4 is 28.5 Å². The van der Waals surface area contributed by atoms with Crippen LogP contribution in [0.1, 0.15) is 81.2 Å². The maximum atomic E-state index is 14.2. The van der Waals surface area contributed by atoms with Crippen LogP contribution in [0.5, 0.6) is 0 Å². The predicted molar refractivity (Wildman–Crippen MR) is 168 cm³/mol. The van der Waals surface area contributed by atoms with Gasteiger partial charge in [0.15, 0.2) is 0 Å². The molecule has 1 atom stereocenters. The van der Waals surface area contributed by atoms with Crippen LogP contribution in [0.4, 0.5) is 5.69 Å². The number of unbranched alkanes of at least 4 members (excludes halogenated alkanes) is 1. The van der Waals surface area contributed by atoms with Crippen molar-refractivity contribution in [2.75, 3.05) is 11.4 Å². The molecule has 2 amide bonds. The van der Waals surface area contributed by atoms with Gasteiger partial charge in [0.25, 0.3) is 0 Å². The van der Waals surface area contributed by atoms with Crippen molar-refractivity contribution in [2.45, 2.75) is 89.8 Å². The Balaban J connectivity index is 1.27. The van der Waals surface area contributed by atoms with Gasteiger partial charge in [-0.25, -0.2) is 4.98 Å². The van der Waals surface area contributed by atoms with Crippen molar-refractivity contribution in [2.24, 2.45) is 0 Å². The number of fused-ring (bicyclic) bond motifs is 1. The summed E-state index contributed by atoms with van der Waals surface area (Å²) in [7, 11) is 0. The van der Waals surface area contributed by atoms with Gasteiger partial charge in [-0.1, -0.05) is 87.2 Å². The highest BCUT2D eigenvalue weighted by molar-refractivity contribution is 5.96. The molecule has 2 fully saturated rings. The Morgan fingerprint density at radius 1 is 0.905 bits per heavy atom. The molecule has 1 saturated heterocycles. The minimum absolute atomic E-state index is 0.0743. The number of para-hydroxylation sites is 2. The first kappa shape index (κ1) is 28.2. The van der Waals surface area contributed by atoms with Gasteiger partial charge in [-0.05, 0) is 61.1 Å². The monoisotopic (exact) mass is 562 g/mol. The van der Waals surface area contributed by atoms with Gasteiger partial charge in [0.1, 0.15) is 12.4 Å². The van der Waals surface area contributed by atoms with Crippen molar-refractivity contribution in [3.8, 4) is 0 Å². The van der Waals surface area contributed by atoms with Crippen LogP contribution in [0.15, 0.2) is 78.9 Å². The molecule has 0 N–H and O–H groups in total. The highest BCUT2D eigenvalue weighted by Crippen LogP contribution is 2.34. The second-order valence-corrected chi connectivity index (χ2v) is 12.0. The van der Waals surface area contributed by atoms with E-state index in [1.54, 1.807) is 0 Å². The zero-order valence-corrected chi connectivity index (χ0v) is 24.8. The van der Waals surface area contributed by atoms with Gasteiger partial charge in [0, 0.05) is 37.2 Å². The number of carbonyl (C=O) groups excluding carboxylic acids is 2. The molecule has 6 rings (SSSR count). The number of amides is 2. The SMILES string of the molecule is CCCCc1ccc(N2CC(c3nc4ccccc4n3CC(=O)N(Cc3ccccc3)C3CCCCC3)CC2=O)cc1. The third-order valence-electron chi connectivity index (χ3n) is 9.07. The Kier molecular flexibility index (Phi) is 8.68. The van der Waals surface area contributed by atoms with E-state index in [0.29, 0.717) is 19.5 Å². The maximum Gasteiger partial charge on any atom is 0.243 e. The average molecular weight is 563 g/mol. The van der Waals surface area contributed by atoms with Crippen LogP contribution in [-0.2, 0) is 29.1 Å². The van der Waals surface area contributed by atoms with Crippen molar-refractivity contribution in [3.05, 3.63) is 95.8 Å². The van der Waals surface area contributed by atoms with Gasteiger partial charge >= 0.3 is 0 Å². The molecular weight excluding hydrogens is 520 g/mol. The minimum atomic E-state index is -0.0743. The lowest BCUT2D eigenvalue weighted by atomic mass is 9.93. The van der Waals surface area contributed by atoms with Crippen LogP contribution < -0.4 is 4.90 Å². The first-order valence-electron chi connectivity index (χ1n) is 15.8. The van der Waals surface area contributed by atoms with Crippen molar-refractivity contribution < 1.29 is 9.59 Å². The molecule has 0 spiro atoms. The summed E-state index contributed by atoms with van der Waals surface area (Å²) in [5, 5.41) is 0. The van der Waals surface area contributed by atoms with E-state index in [-0.39, 0.29) is 30.3 Å². The van der Waals surface area contributed by atoms with E-state index in [1.807, 2.05) is 47.4 Å². The maximum absolute atomic E-state index is 14.2. The molecule has 1 aliphatic carbocycles. The summed E-state index contributed by atoms with van der Waals surface area (Å²) in [6, 6.07) is 27.1. The summed E-state index contributed by atoms with van der Waals surface area (Å²) in [6.07, 6.45) is 9.49. The average Bonchev–Trinajstić information content (AvgIpc) is 3.60. The fraction of sp³-hybridized carbons (Fsp3) is 0.417. The fourth-order valence-electron chi connectivity index (χ4n) is 6.75. The Morgan fingerprint density at radius 3 is 2.40 bits per heavy atom. The second kappa shape index (κ2) is 12.9. The van der Waals surface area contributed by atoms with E-state index < -0.39 is 0 Å². The van der Waals surface area contributed by atoms with E-state index >= 15 is 0 Å². The number of aryl methyl sites for hydroxylation is 1. The fourth-order valence-corrected chi connectivity index (χ4v) is 6.75. The standard InChI is InChI=1S/C36H42N4O2/c1-2-3-12-27-19-21-31(22-20-27)39-25-29(23-34(39)41)36-37-32-17-10-11-18-33(32)40(36)26-35(42)38(30-15-8-5-9-16-30)24-28-13-6-4-7-14-28/h4,6-7,10-11,13-14,17-22,29-30H,2-3,5,8-9,12,15-16,23-26H2,1H3. The van der Waals surface area contributed by atoms with Crippen LogP contribution in [0.25, 0.3) is 11.0 Å². The molecular formula is C36H42N4O2. The van der Waals surface area contributed by atoms with Crippen molar-refractivity contribution in [1.29, 1.82) is 0 Å². The van der Waals surface area contributed by atoms with E-state index in [9.17, 15) is 9.59 Å². The summed E-state index contributed by atoms with van der Waals surface area (Å²) >= 11 is 0. The number of imidazole rings is 1. The van der Waals surface area contributed by atoms with Crippen molar-refractivity contribution in [3.63, 3.8) is 0 Å². The summed E-state index contributed by atoms with van der Waals surface area (Å²) < 4.78 is 2.09. The predicted octanol–water partition coefficient (Wildman–Crippen LogP) is 7.26. The molecule has 3 aromatic carbocycles. The van der Waals surface area contributed by atoms with E-state index in [1.165, 1.54) is 37.7 Å². The molecule has 0 radical (unpaired) electrons. The minimum Gasteiger partial charge on any atom is -0.334 e. The third-order valence-corrected chi connectivity index (χ3v) is 9.07. The topological polar surface area (TPSA) is 58.4 Å². The van der Waals surface area contributed by atoms with Crippen LogP contribution in [0, 0.1) is 0 Å². The zero-order chi connectivity index (χ0) is 28.9. The smallest absolute Gasteiger partial charge is 0.243 e. The number of aromatic nitrogens is 2. The number of nitrogens with zero attached hydrogens (tertiary/aromatic N) is 4. The van der Waals surface area contributed by atoms with Gasteiger partial charge in [-0.15, -0.1) is 0 Å². The highest BCUT2D eigenvalue weighted by atomic mass is 16.2. The first-order valence-corrected chi connectivity index (χ1v) is 15.8. The molecule has 6 nitrogen and oxygen atoms in total. The molecule has 2 aliphatic rings. The molecule has 1 aliphatic heterocycles. The van der Waals surface area contributed by atoms with Gasteiger partial charge in [0.05, 0.1) is 11.0 Å². The van der Waals surface area contributed by atoms with Crippen LogP contribution in [0.2, 0.25) is 0 Å². The zero-order valence-electron chi connectivity index (χ0n) is 24.8. The molecule has 1 saturated carbocycles. The second-order valence-electron chi connectivity index (χ2n) is 12.0. The molecule has 6 heteroatoms.